The van der Waals surface area contributed by atoms with Gasteiger partial charge in [0.05, 0.1) is 17.3 Å². The molecule has 16 heavy (non-hydrogen) atoms. The Hall–Kier alpha value is -0.800. The molecule has 1 saturated carbocycles. The van der Waals surface area contributed by atoms with E-state index in [0.29, 0.717) is 10.7 Å². The van der Waals surface area contributed by atoms with Crippen LogP contribution < -0.4 is 4.90 Å². The van der Waals surface area contributed by atoms with Gasteiger partial charge in [-0.1, -0.05) is 18.0 Å². The minimum atomic E-state index is -0.107. The maximum absolute atomic E-state index is 9.10. The standard InChI is InChI=1S/C12H17ClN2O/c1-15(7-9-3-2-4-9)12-6-5-10(13)11(8-16)14-12/h5-6,9,16H,2-4,7-8H2,1H3. The van der Waals surface area contributed by atoms with Crippen LogP contribution in [0.1, 0.15) is 25.0 Å². The lowest BCUT2D eigenvalue weighted by molar-refractivity contribution is 0.277. The number of aliphatic hydroxyl groups excluding tert-OH is 1. The van der Waals surface area contributed by atoms with Crippen molar-refractivity contribution < 1.29 is 5.11 Å². The summed E-state index contributed by atoms with van der Waals surface area (Å²) < 4.78 is 0. The highest BCUT2D eigenvalue weighted by atomic mass is 35.5. The number of aliphatic hydroxyl groups is 1. The van der Waals surface area contributed by atoms with Crippen LogP contribution in [0, 0.1) is 5.92 Å². The summed E-state index contributed by atoms with van der Waals surface area (Å²) in [5.41, 5.74) is 0.555. The van der Waals surface area contributed by atoms with Gasteiger partial charge in [0, 0.05) is 13.6 Å². The molecule has 2 rings (SSSR count). The maximum Gasteiger partial charge on any atom is 0.128 e. The number of anilines is 1. The highest BCUT2D eigenvalue weighted by molar-refractivity contribution is 6.31. The van der Waals surface area contributed by atoms with E-state index in [1.165, 1.54) is 19.3 Å². The van der Waals surface area contributed by atoms with Gasteiger partial charge in [-0.2, -0.15) is 0 Å². The zero-order valence-corrected chi connectivity index (χ0v) is 10.2. The molecule has 1 heterocycles. The molecular weight excluding hydrogens is 224 g/mol. The normalized spacial score (nSPS) is 15.9. The van der Waals surface area contributed by atoms with Crippen LogP contribution in [-0.4, -0.2) is 23.7 Å². The first-order chi connectivity index (χ1) is 7.70. The molecule has 0 atom stereocenters. The summed E-state index contributed by atoms with van der Waals surface area (Å²) in [5.74, 6) is 1.69. The van der Waals surface area contributed by atoms with E-state index >= 15 is 0 Å². The smallest absolute Gasteiger partial charge is 0.128 e. The summed E-state index contributed by atoms with van der Waals surface area (Å²) in [4.78, 5) is 6.48. The number of aromatic nitrogens is 1. The van der Waals surface area contributed by atoms with Crippen molar-refractivity contribution in [2.75, 3.05) is 18.5 Å². The zero-order valence-electron chi connectivity index (χ0n) is 9.49. The lowest BCUT2D eigenvalue weighted by Gasteiger charge is -2.30. The lowest BCUT2D eigenvalue weighted by atomic mass is 9.85. The van der Waals surface area contributed by atoms with Gasteiger partial charge in [-0.15, -0.1) is 0 Å². The Morgan fingerprint density at radius 3 is 2.81 bits per heavy atom. The fourth-order valence-corrected chi connectivity index (χ4v) is 2.12. The number of halogens is 1. The third kappa shape index (κ3) is 2.47. The number of nitrogens with zero attached hydrogens (tertiary/aromatic N) is 2. The monoisotopic (exact) mass is 240 g/mol. The molecule has 3 nitrogen and oxygen atoms in total. The molecular formula is C12H17ClN2O. The van der Waals surface area contributed by atoms with Crippen LogP contribution >= 0.6 is 11.6 Å². The first-order valence-electron chi connectivity index (χ1n) is 5.68. The van der Waals surface area contributed by atoms with Crippen LogP contribution in [-0.2, 0) is 6.61 Å². The molecule has 0 radical (unpaired) electrons. The van der Waals surface area contributed by atoms with Crippen LogP contribution in [0.5, 0.6) is 0 Å². The van der Waals surface area contributed by atoms with Gasteiger partial charge in [0.25, 0.3) is 0 Å². The van der Waals surface area contributed by atoms with Crippen molar-refractivity contribution in [3.63, 3.8) is 0 Å². The van der Waals surface area contributed by atoms with Gasteiger partial charge < -0.3 is 10.0 Å². The second-order valence-electron chi connectivity index (χ2n) is 4.43. The molecule has 88 valence electrons. The fraction of sp³-hybridized carbons (Fsp3) is 0.583. The van der Waals surface area contributed by atoms with E-state index in [4.69, 9.17) is 16.7 Å². The molecule has 0 aromatic carbocycles. The lowest BCUT2D eigenvalue weighted by Crippen LogP contribution is -2.29. The molecule has 4 heteroatoms. The van der Waals surface area contributed by atoms with E-state index in [9.17, 15) is 0 Å². The summed E-state index contributed by atoms with van der Waals surface area (Å²) in [5, 5.41) is 9.63. The minimum Gasteiger partial charge on any atom is -0.390 e. The van der Waals surface area contributed by atoms with Crippen molar-refractivity contribution >= 4 is 17.4 Å². The molecule has 0 spiro atoms. The summed E-state index contributed by atoms with van der Waals surface area (Å²) in [7, 11) is 2.04. The Balaban J connectivity index is 2.06. The Morgan fingerprint density at radius 1 is 1.50 bits per heavy atom. The number of rotatable bonds is 4. The third-order valence-electron chi connectivity index (χ3n) is 3.20. The zero-order chi connectivity index (χ0) is 11.5. The topological polar surface area (TPSA) is 36.4 Å². The second-order valence-corrected chi connectivity index (χ2v) is 4.84. The first-order valence-corrected chi connectivity index (χ1v) is 6.06. The first kappa shape index (κ1) is 11.7. The third-order valence-corrected chi connectivity index (χ3v) is 3.55. The predicted molar refractivity (Wildman–Crippen MR) is 65.8 cm³/mol. The summed E-state index contributed by atoms with van der Waals surface area (Å²) in [6, 6.07) is 3.70. The van der Waals surface area contributed by atoms with Crippen molar-refractivity contribution in [2.24, 2.45) is 5.92 Å². The number of pyridine rings is 1. The van der Waals surface area contributed by atoms with E-state index in [-0.39, 0.29) is 6.61 Å². The van der Waals surface area contributed by atoms with Crippen molar-refractivity contribution in [1.29, 1.82) is 0 Å². The Morgan fingerprint density at radius 2 is 2.25 bits per heavy atom. The van der Waals surface area contributed by atoms with E-state index in [2.05, 4.69) is 9.88 Å². The second kappa shape index (κ2) is 5.02. The van der Waals surface area contributed by atoms with Crippen molar-refractivity contribution in [1.82, 2.24) is 4.98 Å². The maximum atomic E-state index is 9.10. The van der Waals surface area contributed by atoms with E-state index < -0.39 is 0 Å². The molecule has 1 fully saturated rings. The summed E-state index contributed by atoms with van der Waals surface area (Å²) in [6.45, 7) is 0.934. The van der Waals surface area contributed by atoms with Crippen molar-refractivity contribution in [3.8, 4) is 0 Å². The van der Waals surface area contributed by atoms with E-state index in [0.717, 1.165) is 18.3 Å². The molecule has 1 aliphatic carbocycles. The van der Waals surface area contributed by atoms with Gasteiger partial charge in [0.2, 0.25) is 0 Å². The summed E-state index contributed by atoms with van der Waals surface area (Å²) >= 11 is 5.90. The quantitative estimate of drug-likeness (QED) is 0.879. The molecule has 1 aromatic heterocycles. The Labute approximate surface area is 101 Å². The van der Waals surface area contributed by atoms with Gasteiger partial charge in [-0.3, -0.25) is 0 Å². The number of hydrogen-bond acceptors (Lipinski definition) is 3. The molecule has 0 aliphatic heterocycles. The largest absolute Gasteiger partial charge is 0.390 e. The van der Waals surface area contributed by atoms with Crippen LogP contribution in [0.15, 0.2) is 12.1 Å². The molecule has 0 unspecified atom stereocenters. The Bertz CT molecular complexity index is 366. The average molecular weight is 241 g/mol. The van der Waals surface area contributed by atoms with E-state index in [1.54, 1.807) is 6.07 Å². The average Bonchev–Trinajstić information content (AvgIpc) is 2.24. The Kier molecular flexibility index (Phi) is 3.66. The van der Waals surface area contributed by atoms with E-state index in [1.807, 2.05) is 13.1 Å². The SMILES string of the molecule is CN(CC1CCC1)c1ccc(Cl)c(CO)n1. The van der Waals surface area contributed by atoms with Crippen LogP contribution in [0.2, 0.25) is 5.02 Å². The summed E-state index contributed by atoms with van der Waals surface area (Å²) in [6.07, 6.45) is 4.00. The molecule has 0 bridgehead atoms. The van der Waals surface area contributed by atoms with Gasteiger partial charge in [-0.25, -0.2) is 4.98 Å². The molecule has 0 saturated heterocycles. The highest BCUT2D eigenvalue weighted by Crippen LogP contribution is 2.28. The van der Waals surface area contributed by atoms with Crippen LogP contribution in [0.25, 0.3) is 0 Å². The van der Waals surface area contributed by atoms with Gasteiger partial charge in [-0.05, 0) is 30.9 Å². The fourth-order valence-electron chi connectivity index (χ4n) is 1.95. The van der Waals surface area contributed by atoms with Crippen LogP contribution in [0.3, 0.4) is 0 Å². The number of hydrogen-bond donors (Lipinski definition) is 1. The van der Waals surface area contributed by atoms with Gasteiger partial charge >= 0.3 is 0 Å². The van der Waals surface area contributed by atoms with Crippen molar-refractivity contribution in [3.05, 3.63) is 22.8 Å². The molecule has 1 aromatic rings. The van der Waals surface area contributed by atoms with Crippen molar-refractivity contribution in [2.45, 2.75) is 25.9 Å². The minimum absolute atomic E-state index is 0.107. The molecule has 1 N–H and O–H groups in total. The highest BCUT2D eigenvalue weighted by Gasteiger charge is 2.19. The predicted octanol–water partition coefficient (Wildman–Crippen LogP) is 2.46. The van der Waals surface area contributed by atoms with Crippen LogP contribution in [0.4, 0.5) is 5.82 Å². The van der Waals surface area contributed by atoms with Gasteiger partial charge in [0.15, 0.2) is 0 Å². The molecule has 0 amide bonds. The molecule has 1 aliphatic rings. The van der Waals surface area contributed by atoms with Gasteiger partial charge in [0.1, 0.15) is 5.82 Å².